The van der Waals surface area contributed by atoms with Crippen LogP contribution in [-0.4, -0.2) is 19.9 Å². The molecule has 57 heavy (non-hydrogen) atoms. The third-order valence-electron chi connectivity index (χ3n) is 9.58. The molecule has 3 aromatic heterocycles. The summed E-state index contributed by atoms with van der Waals surface area (Å²) in [5, 5.41) is 0. The Morgan fingerprint density at radius 2 is 0.561 bits per heavy atom. The Balaban J connectivity index is 0.000000167. The van der Waals surface area contributed by atoms with E-state index in [1.54, 1.807) is 0 Å². The maximum atomic E-state index is 5.91. The van der Waals surface area contributed by atoms with Gasteiger partial charge in [-0.2, -0.15) is 0 Å². The van der Waals surface area contributed by atoms with E-state index in [2.05, 4.69) is 141 Å². The summed E-state index contributed by atoms with van der Waals surface area (Å²) in [5.41, 5.74) is 35.9. The fourth-order valence-electron chi connectivity index (χ4n) is 6.58. The molecular formula is C48H46CuN8. The van der Waals surface area contributed by atoms with Gasteiger partial charge in [0.05, 0.1) is 22.8 Å². The van der Waals surface area contributed by atoms with E-state index in [1.807, 2.05) is 48.6 Å². The minimum atomic E-state index is -1.70. The number of nitrogens with one attached hydrogen (secondary N) is 2. The average molecular weight is 798 g/mol. The summed E-state index contributed by atoms with van der Waals surface area (Å²) in [5.74, 6) is 0. The zero-order chi connectivity index (χ0) is 39.2. The number of hydrogen-bond acceptors (Lipinski definition) is 6. The van der Waals surface area contributed by atoms with E-state index in [9.17, 15) is 0 Å². The number of H-pyrrole nitrogens is 2. The molecule has 0 amide bonds. The van der Waals surface area contributed by atoms with Crippen molar-refractivity contribution in [2.45, 2.75) is 26.2 Å². The molecule has 10 N–H and O–H groups in total. The van der Waals surface area contributed by atoms with E-state index in [0.29, 0.717) is 26.2 Å². The van der Waals surface area contributed by atoms with Crippen molar-refractivity contribution < 1.29 is 12.8 Å². The minimum absolute atomic E-state index is 0.517. The number of hydrogen-bond donors (Lipinski definition) is 6. The number of aromatic amines is 2. The predicted molar refractivity (Wildman–Crippen MR) is 235 cm³/mol. The van der Waals surface area contributed by atoms with E-state index in [-0.39, 0.29) is 0 Å². The molecule has 0 radical (unpaired) electrons. The van der Waals surface area contributed by atoms with E-state index in [0.717, 1.165) is 67.1 Å². The fraction of sp³-hybridized carbons (Fsp3) is 0.0833. The Kier molecular flexibility index (Phi) is 11.2. The van der Waals surface area contributed by atoms with Gasteiger partial charge in [-0.3, -0.25) is 0 Å². The molecule has 0 saturated heterocycles. The van der Waals surface area contributed by atoms with Crippen LogP contribution in [0, 0.1) is 0 Å². The van der Waals surface area contributed by atoms with Crippen molar-refractivity contribution in [2.24, 2.45) is 22.9 Å². The molecule has 289 valence electrons. The molecule has 0 aliphatic carbocycles. The number of fused-ring (bicyclic) bond motifs is 8. The summed E-state index contributed by atoms with van der Waals surface area (Å²) >= 11 is -1.70. The summed E-state index contributed by atoms with van der Waals surface area (Å²) in [6.07, 6.45) is 8.09. The SMILES string of the molecule is C1=Cc2cc3ccc(cc4nc(cc5ccc(cc1n2)[nH]5)C=C4)[nH]3.NCc1cc[c]([Cu]([c]2ccc(CN)cc2)([c]2ccc(CN)cc2)[c]2ccc(CN)cc2)cc1. The molecule has 0 atom stereocenters. The maximum absolute atomic E-state index is 5.91. The first kappa shape index (κ1) is 37.7. The van der Waals surface area contributed by atoms with Gasteiger partial charge in [-0.25, -0.2) is 9.97 Å². The van der Waals surface area contributed by atoms with Crippen LogP contribution in [0.2, 0.25) is 0 Å². The molecule has 7 aromatic rings. The molecule has 8 nitrogen and oxygen atoms in total. The van der Waals surface area contributed by atoms with Gasteiger partial charge in [-0.05, 0) is 72.8 Å². The Hall–Kier alpha value is -6.16. The molecule has 0 spiro atoms. The van der Waals surface area contributed by atoms with Crippen molar-refractivity contribution in [3.05, 3.63) is 191 Å². The van der Waals surface area contributed by atoms with E-state index >= 15 is 0 Å². The fourth-order valence-corrected chi connectivity index (χ4v) is 11.0. The molecule has 0 fully saturated rings. The second-order valence-corrected chi connectivity index (χ2v) is 17.1. The van der Waals surface area contributed by atoms with Gasteiger partial charge >= 0.3 is 199 Å². The van der Waals surface area contributed by atoms with Crippen LogP contribution in [0.4, 0.5) is 0 Å². The zero-order valence-electron chi connectivity index (χ0n) is 31.5. The van der Waals surface area contributed by atoms with Crippen molar-refractivity contribution in [3.8, 4) is 0 Å². The molecule has 8 bridgehead atoms. The van der Waals surface area contributed by atoms with Gasteiger partial charge < -0.3 is 9.97 Å². The Labute approximate surface area is 335 Å². The number of benzene rings is 4. The summed E-state index contributed by atoms with van der Waals surface area (Å²) in [4.78, 5) is 16.0. The third-order valence-corrected chi connectivity index (χ3v) is 14.1. The first-order valence-corrected chi connectivity index (χ1v) is 20.7. The van der Waals surface area contributed by atoms with Crippen LogP contribution in [0.3, 0.4) is 0 Å². The van der Waals surface area contributed by atoms with Crippen LogP contribution in [0.15, 0.2) is 146 Å². The molecule has 9 rings (SSSR count). The topological polar surface area (TPSA) is 161 Å². The van der Waals surface area contributed by atoms with Gasteiger partial charge in [0.1, 0.15) is 0 Å². The van der Waals surface area contributed by atoms with Crippen LogP contribution in [0.25, 0.3) is 46.4 Å². The molecule has 2 aliphatic rings. The Bertz CT molecular complexity index is 2340. The summed E-state index contributed by atoms with van der Waals surface area (Å²) in [6, 6.07) is 51.2. The summed E-state index contributed by atoms with van der Waals surface area (Å²) < 4.78 is 4.98. The first-order chi connectivity index (χ1) is 27.9. The second-order valence-electron chi connectivity index (χ2n) is 13.5. The first-order valence-electron chi connectivity index (χ1n) is 18.8. The van der Waals surface area contributed by atoms with Crippen LogP contribution >= 0.6 is 0 Å². The molecule has 4 aromatic carbocycles. The van der Waals surface area contributed by atoms with E-state index < -0.39 is 12.8 Å². The van der Waals surface area contributed by atoms with Gasteiger partial charge in [0.2, 0.25) is 0 Å². The van der Waals surface area contributed by atoms with Crippen LogP contribution in [0.5, 0.6) is 0 Å². The zero-order valence-corrected chi connectivity index (χ0v) is 32.4. The molecule has 5 heterocycles. The average Bonchev–Trinajstić information content (AvgIpc) is 4.10. The van der Waals surface area contributed by atoms with Crippen LogP contribution in [0.1, 0.15) is 45.0 Å². The van der Waals surface area contributed by atoms with Gasteiger partial charge in [-0.15, -0.1) is 0 Å². The second kappa shape index (κ2) is 16.9. The number of rotatable bonds is 8. The summed E-state index contributed by atoms with van der Waals surface area (Å²) in [7, 11) is 0. The van der Waals surface area contributed by atoms with E-state index in [4.69, 9.17) is 22.9 Å². The van der Waals surface area contributed by atoms with Crippen LogP contribution in [-0.2, 0) is 39.0 Å². The van der Waals surface area contributed by atoms with Crippen molar-refractivity contribution >= 4 is 64.2 Å². The molecule has 9 heteroatoms. The van der Waals surface area contributed by atoms with Gasteiger partial charge in [0, 0.05) is 22.1 Å². The number of aromatic nitrogens is 4. The normalized spacial score (nSPS) is 12.3. The number of nitrogens with zero attached hydrogens (tertiary/aromatic N) is 2. The molecular weight excluding hydrogens is 752 g/mol. The van der Waals surface area contributed by atoms with Crippen molar-refractivity contribution in [2.75, 3.05) is 0 Å². The van der Waals surface area contributed by atoms with Gasteiger partial charge in [-0.1, -0.05) is 0 Å². The van der Waals surface area contributed by atoms with Gasteiger partial charge in [0.15, 0.2) is 0 Å². The Morgan fingerprint density at radius 3 is 0.772 bits per heavy atom. The third kappa shape index (κ3) is 8.21. The van der Waals surface area contributed by atoms with Crippen LogP contribution < -0.4 is 40.8 Å². The molecule has 0 unspecified atom stereocenters. The number of nitrogens with two attached hydrogens (primary N) is 4. The van der Waals surface area contributed by atoms with E-state index in [1.165, 1.54) is 17.8 Å². The van der Waals surface area contributed by atoms with Crippen molar-refractivity contribution in [1.82, 2.24) is 19.9 Å². The molecule has 2 aliphatic heterocycles. The van der Waals surface area contributed by atoms with Crippen molar-refractivity contribution in [3.63, 3.8) is 0 Å². The quantitative estimate of drug-likeness (QED) is 0.105. The van der Waals surface area contributed by atoms with Crippen molar-refractivity contribution in [1.29, 1.82) is 0 Å². The summed E-state index contributed by atoms with van der Waals surface area (Å²) in [6.45, 7) is 2.07. The predicted octanol–water partition coefficient (Wildman–Crippen LogP) is 5.93. The monoisotopic (exact) mass is 797 g/mol. The van der Waals surface area contributed by atoms with Gasteiger partial charge in [0.25, 0.3) is 0 Å². The standard InChI is InChI=1S/C20H14N4.4C7H8N.Cu/c1-2-14-10-16-5-6-18(23-16)12-20-8-7-19(24-20)11-17-4-3-15(22-17)9-13(1)21-14;4*8-6-7-4-2-1-3-5-7;/h1-12,21,24H;4*2-5H,6,8H2;. The molecule has 0 saturated carbocycles. The Morgan fingerprint density at radius 1 is 0.333 bits per heavy atom.